The minimum atomic E-state index is -4.41. The molecule has 1 aliphatic rings. The first-order valence-electron chi connectivity index (χ1n) is 9.06. The lowest BCUT2D eigenvalue weighted by atomic mass is 10.1. The van der Waals surface area contributed by atoms with E-state index in [-0.39, 0.29) is 31.3 Å². The Morgan fingerprint density at radius 1 is 1.30 bits per heavy atom. The van der Waals surface area contributed by atoms with Gasteiger partial charge in [-0.05, 0) is 23.8 Å². The van der Waals surface area contributed by atoms with Crippen LogP contribution in [0.15, 0.2) is 43.1 Å². The quantitative estimate of drug-likeness (QED) is 0.716. The fourth-order valence-electron chi connectivity index (χ4n) is 3.15. The van der Waals surface area contributed by atoms with Crippen molar-refractivity contribution in [2.24, 2.45) is 0 Å². The summed E-state index contributed by atoms with van der Waals surface area (Å²) < 4.78 is 45.5. The first kappa shape index (κ1) is 21.5. The number of aromatic nitrogens is 3. The Morgan fingerprint density at radius 2 is 2.00 bits per heavy atom. The SMILES string of the molecule is C=CC(=O)N1C[C@@H](n2cc(C(=O)NC)nn2)[C@H](OCc2ccc(C(F)(F)F)cc2)C1. The number of alkyl halides is 3. The van der Waals surface area contributed by atoms with Crippen LogP contribution in [0.1, 0.15) is 27.7 Å². The Morgan fingerprint density at radius 3 is 2.60 bits per heavy atom. The third kappa shape index (κ3) is 4.67. The largest absolute Gasteiger partial charge is 0.416 e. The Labute approximate surface area is 170 Å². The van der Waals surface area contributed by atoms with E-state index >= 15 is 0 Å². The molecule has 1 saturated heterocycles. The number of benzene rings is 1. The molecule has 1 fully saturated rings. The average molecular weight is 423 g/mol. The van der Waals surface area contributed by atoms with Crippen LogP contribution in [0.5, 0.6) is 0 Å². The van der Waals surface area contributed by atoms with Gasteiger partial charge < -0.3 is 15.0 Å². The van der Waals surface area contributed by atoms with Crippen LogP contribution >= 0.6 is 0 Å². The fourth-order valence-corrected chi connectivity index (χ4v) is 3.15. The number of hydrogen-bond donors (Lipinski definition) is 1. The number of carbonyl (C=O) groups is 2. The molecule has 1 N–H and O–H groups in total. The van der Waals surface area contributed by atoms with Gasteiger partial charge in [0, 0.05) is 20.1 Å². The zero-order valence-corrected chi connectivity index (χ0v) is 16.1. The van der Waals surface area contributed by atoms with Crippen molar-refractivity contribution in [2.75, 3.05) is 20.1 Å². The van der Waals surface area contributed by atoms with Crippen molar-refractivity contribution in [2.45, 2.75) is 24.9 Å². The summed E-state index contributed by atoms with van der Waals surface area (Å²) in [5, 5.41) is 10.2. The summed E-state index contributed by atoms with van der Waals surface area (Å²) in [5.41, 5.74) is -0.0653. The third-order valence-electron chi connectivity index (χ3n) is 4.78. The molecule has 1 aliphatic heterocycles. The van der Waals surface area contributed by atoms with Crippen LogP contribution in [-0.4, -0.2) is 57.9 Å². The van der Waals surface area contributed by atoms with Crippen LogP contribution in [0, 0.1) is 0 Å². The van der Waals surface area contributed by atoms with Crippen molar-refractivity contribution in [3.63, 3.8) is 0 Å². The van der Waals surface area contributed by atoms with Gasteiger partial charge in [-0.1, -0.05) is 23.9 Å². The first-order chi connectivity index (χ1) is 14.2. The van der Waals surface area contributed by atoms with Crippen LogP contribution in [0.25, 0.3) is 0 Å². The molecule has 2 amide bonds. The Bertz CT molecular complexity index is 926. The maximum atomic E-state index is 12.7. The van der Waals surface area contributed by atoms with Crippen LogP contribution in [-0.2, 0) is 22.3 Å². The molecule has 2 heterocycles. The first-order valence-corrected chi connectivity index (χ1v) is 9.06. The van der Waals surface area contributed by atoms with E-state index in [1.165, 1.54) is 41.0 Å². The van der Waals surface area contributed by atoms with Crippen molar-refractivity contribution < 1.29 is 27.5 Å². The molecule has 1 aromatic carbocycles. The highest BCUT2D eigenvalue weighted by atomic mass is 19.4. The van der Waals surface area contributed by atoms with Gasteiger partial charge in [0.05, 0.1) is 30.5 Å². The maximum Gasteiger partial charge on any atom is 0.416 e. The van der Waals surface area contributed by atoms with Crippen LogP contribution in [0.4, 0.5) is 13.2 Å². The monoisotopic (exact) mass is 423 g/mol. The molecule has 3 rings (SSSR count). The Hall–Kier alpha value is -3.21. The van der Waals surface area contributed by atoms with Gasteiger partial charge in [-0.3, -0.25) is 9.59 Å². The van der Waals surface area contributed by atoms with E-state index < -0.39 is 29.8 Å². The highest BCUT2D eigenvalue weighted by Gasteiger charge is 2.37. The van der Waals surface area contributed by atoms with E-state index in [0.29, 0.717) is 5.56 Å². The van der Waals surface area contributed by atoms with Crippen LogP contribution in [0.2, 0.25) is 0 Å². The van der Waals surface area contributed by atoms with E-state index in [0.717, 1.165) is 12.1 Å². The van der Waals surface area contributed by atoms with E-state index in [1.807, 2.05) is 0 Å². The topological polar surface area (TPSA) is 89.4 Å². The van der Waals surface area contributed by atoms with Crippen molar-refractivity contribution in [3.05, 3.63) is 59.9 Å². The van der Waals surface area contributed by atoms with E-state index in [9.17, 15) is 22.8 Å². The lowest BCUT2D eigenvalue weighted by Crippen LogP contribution is -2.28. The fraction of sp³-hybridized carbons (Fsp3) is 0.368. The number of ether oxygens (including phenoxy) is 1. The second-order valence-electron chi connectivity index (χ2n) is 6.72. The van der Waals surface area contributed by atoms with Gasteiger partial charge in [0.15, 0.2) is 5.69 Å². The summed E-state index contributed by atoms with van der Waals surface area (Å²) in [6.45, 7) is 4.03. The summed E-state index contributed by atoms with van der Waals surface area (Å²) in [6.07, 6.45) is -2.26. The number of rotatable bonds is 6. The molecule has 11 heteroatoms. The summed E-state index contributed by atoms with van der Waals surface area (Å²) >= 11 is 0. The van der Waals surface area contributed by atoms with Gasteiger partial charge in [-0.15, -0.1) is 5.10 Å². The summed E-state index contributed by atoms with van der Waals surface area (Å²) in [6, 6.07) is 4.25. The summed E-state index contributed by atoms with van der Waals surface area (Å²) in [7, 11) is 1.47. The molecule has 0 unspecified atom stereocenters. The molecule has 1 aromatic heterocycles. The molecule has 160 valence electrons. The summed E-state index contributed by atoms with van der Waals surface area (Å²) in [5.74, 6) is -0.687. The molecular weight excluding hydrogens is 403 g/mol. The number of nitrogens with one attached hydrogen (secondary N) is 1. The molecule has 30 heavy (non-hydrogen) atoms. The highest BCUT2D eigenvalue weighted by molar-refractivity contribution is 5.91. The zero-order valence-electron chi connectivity index (χ0n) is 16.1. The van der Waals surface area contributed by atoms with Crippen molar-refractivity contribution in [3.8, 4) is 0 Å². The van der Waals surface area contributed by atoms with Gasteiger partial charge in [0.2, 0.25) is 5.91 Å². The predicted octanol–water partition coefficient (Wildman–Crippen LogP) is 1.81. The van der Waals surface area contributed by atoms with Gasteiger partial charge in [0.1, 0.15) is 0 Å². The van der Waals surface area contributed by atoms with Gasteiger partial charge in [-0.25, -0.2) is 4.68 Å². The average Bonchev–Trinajstić information content (AvgIpc) is 3.38. The third-order valence-corrected chi connectivity index (χ3v) is 4.78. The number of nitrogens with zero attached hydrogens (tertiary/aromatic N) is 4. The molecule has 0 spiro atoms. The van der Waals surface area contributed by atoms with Crippen LogP contribution < -0.4 is 5.32 Å². The molecule has 2 atom stereocenters. The number of amides is 2. The molecule has 0 radical (unpaired) electrons. The van der Waals surface area contributed by atoms with Gasteiger partial charge in [-0.2, -0.15) is 13.2 Å². The van der Waals surface area contributed by atoms with Crippen molar-refractivity contribution in [1.29, 1.82) is 0 Å². The van der Waals surface area contributed by atoms with Crippen LogP contribution in [0.3, 0.4) is 0 Å². The standard InChI is InChI=1S/C19H20F3N5O3/c1-3-17(28)26-9-15(27-8-14(24-25-27)18(29)23-2)16(10-26)30-11-12-4-6-13(7-5-12)19(20,21)22/h3-8,15-16H,1,9-11H2,2H3,(H,23,29)/t15-,16-/m1/s1. The molecule has 2 aromatic rings. The lowest BCUT2D eigenvalue weighted by Gasteiger charge is -2.18. The minimum absolute atomic E-state index is 0.0480. The molecule has 8 nitrogen and oxygen atoms in total. The number of hydrogen-bond acceptors (Lipinski definition) is 5. The lowest BCUT2D eigenvalue weighted by molar-refractivity contribution is -0.137. The second kappa shape index (κ2) is 8.66. The van der Waals surface area contributed by atoms with E-state index in [1.54, 1.807) is 0 Å². The number of carbonyl (C=O) groups excluding carboxylic acids is 2. The van der Waals surface area contributed by atoms with Gasteiger partial charge in [0.25, 0.3) is 5.91 Å². The molecule has 0 aliphatic carbocycles. The Balaban J connectivity index is 1.74. The smallest absolute Gasteiger partial charge is 0.369 e. The Kier molecular flexibility index (Phi) is 6.20. The summed E-state index contributed by atoms with van der Waals surface area (Å²) in [4.78, 5) is 25.3. The number of halogens is 3. The molecule has 0 bridgehead atoms. The van der Waals surface area contributed by atoms with Crippen molar-refractivity contribution in [1.82, 2.24) is 25.2 Å². The molecular formula is C19H20F3N5O3. The van der Waals surface area contributed by atoms with E-state index in [2.05, 4.69) is 22.2 Å². The number of likely N-dealkylation sites (tertiary alicyclic amines) is 1. The van der Waals surface area contributed by atoms with Crippen molar-refractivity contribution >= 4 is 11.8 Å². The predicted molar refractivity (Wildman–Crippen MR) is 99.2 cm³/mol. The van der Waals surface area contributed by atoms with E-state index in [4.69, 9.17) is 4.74 Å². The normalized spacial score (nSPS) is 19.0. The highest BCUT2D eigenvalue weighted by Crippen LogP contribution is 2.30. The maximum absolute atomic E-state index is 12.7. The van der Waals surface area contributed by atoms with Gasteiger partial charge >= 0.3 is 6.18 Å². The zero-order chi connectivity index (χ0) is 21.9. The minimum Gasteiger partial charge on any atom is -0.369 e. The second-order valence-corrected chi connectivity index (χ2v) is 6.72. The molecule has 0 saturated carbocycles.